The summed E-state index contributed by atoms with van der Waals surface area (Å²) in [6.07, 6.45) is 1.01. The van der Waals surface area contributed by atoms with Crippen molar-refractivity contribution in [2.45, 2.75) is 25.9 Å². The Morgan fingerprint density at radius 1 is 1.00 bits per heavy atom. The second-order valence-corrected chi connectivity index (χ2v) is 6.54. The Morgan fingerprint density at radius 2 is 1.65 bits per heavy atom. The fourth-order valence-electron chi connectivity index (χ4n) is 2.75. The molecule has 0 bridgehead atoms. The van der Waals surface area contributed by atoms with Crippen LogP contribution in [0.2, 0.25) is 0 Å². The lowest BCUT2D eigenvalue weighted by Crippen LogP contribution is -2.45. The van der Waals surface area contributed by atoms with Crippen molar-refractivity contribution in [2.75, 3.05) is 27.7 Å². The van der Waals surface area contributed by atoms with Crippen LogP contribution in [0.3, 0.4) is 0 Å². The summed E-state index contributed by atoms with van der Waals surface area (Å²) < 4.78 is 0. The summed E-state index contributed by atoms with van der Waals surface area (Å²) in [5.74, 6) is 0.836. The lowest BCUT2D eigenvalue weighted by molar-refractivity contribution is 0.290. The fourth-order valence-corrected chi connectivity index (χ4v) is 2.75. The van der Waals surface area contributed by atoms with Gasteiger partial charge in [-0.15, -0.1) is 24.0 Å². The molecule has 5 heteroatoms. The number of hydrogen-bond donors (Lipinski definition) is 2. The number of aryl methyl sites for hydroxylation is 1. The zero-order valence-electron chi connectivity index (χ0n) is 16.2. The third-order valence-corrected chi connectivity index (χ3v) is 4.48. The smallest absolute Gasteiger partial charge is 0.191 e. The molecule has 0 heterocycles. The molecule has 2 rings (SSSR count). The average Bonchev–Trinajstić information content (AvgIpc) is 2.62. The summed E-state index contributed by atoms with van der Waals surface area (Å²) in [5, 5.41) is 6.86. The van der Waals surface area contributed by atoms with E-state index in [1.165, 1.54) is 16.7 Å². The lowest BCUT2D eigenvalue weighted by Gasteiger charge is -2.26. The molecule has 0 radical (unpaired) electrons. The van der Waals surface area contributed by atoms with E-state index in [0.717, 1.165) is 25.5 Å². The van der Waals surface area contributed by atoms with E-state index < -0.39 is 0 Å². The van der Waals surface area contributed by atoms with Crippen molar-refractivity contribution in [1.82, 2.24) is 15.5 Å². The average molecular weight is 466 g/mol. The van der Waals surface area contributed by atoms with E-state index in [-0.39, 0.29) is 24.0 Å². The molecule has 4 nitrogen and oxygen atoms in total. The van der Waals surface area contributed by atoms with Crippen LogP contribution < -0.4 is 10.6 Å². The van der Waals surface area contributed by atoms with Gasteiger partial charge in [0.2, 0.25) is 0 Å². The van der Waals surface area contributed by atoms with Gasteiger partial charge < -0.3 is 15.5 Å². The van der Waals surface area contributed by atoms with Gasteiger partial charge in [0.25, 0.3) is 0 Å². The number of guanidine groups is 1. The molecular weight excluding hydrogens is 435 g/mol. The van der Waals surface area contributed by atoms with E-state index in [9.17, 15) is 0 Å². The normalized spacial score (nSPS) is 12.4. The van der Waals surface area contributed by atoms with Crippen molar-refractivity contribution in [2.24, 2.45) is 4.99 Å². The number of likely N-dealkylation sites (N-methyl/N-ethyl adjacent to an activating group) is 1. The van der Waals surface area contributed by atoms with Crippen LogP contribution in [-0.2, 0) is 13.0 Å². The van der Waals surface area contributed by atoms with Gasteiger partial charge in [-0.2, -0.15) is 0 Å². The molecule has 0 aliphatic rings. The van der Waals surface area contributed by atoms with E-state index in [1.54, 1.807) is 0 Å². The van der Waals surface area contributed by atoms with Crippen molar-refractivity contribution in [1.29, 1.82) is 0 Å². The molecule has 0 saturated heterocycles. The largest absolute Gasteiger partial charge is 0.355 e. The summed E-state index contributed by atoms with van der Waals surface area (Å²) in [4.78, 5) is 6.61. The molecule has 0 aromatic heterocycles. The summed E-state index contributed by atoms with van der Waals surface area (Å²) in [6, 6.07) is 19.4. The predicted molar refractivity (Wildman–Crippen MR) is 122 cm³/mol. The molecule has 26 heavy (non-hydrogen) atoms. The minimum Gasteiger partial charge on any atom is -0.355 e. The molecule has 0 fully saturated rings. The first-order valence-corrected chi connectivity index (χ1v) is 8.79. The van der Waals surface area contributed by atoms with E-state index in [0.29, 0.717) is 6.04 Å². The van der Waals surface area contributed by atoms with Gasteiger partial charge >= 0.3 is 0 Å². The Bertz CT molecular complexity index is 671. The van der Waals surface area contributed by atoms with Crippen molar-refractivity contribution in [3.8, 4) is 0 Å². The SMILES string of the molecule is CN=C(NCc1ccccc1C)NCC(Cc1ccccc1)N(C)C.I. The maximum atomic E-state index is 4.35. The summed E-state index contributed by atoms with van der Waals surface area (Å²) in [6.45, 7) is 3.75. The van der Waals surface area contributed by atoms with Gasteiger partial charge in [0.1, 0.15) is 0 Å². The minimum atomic E-state index is 0. The van der Waals surface area contributed by atoms with Crippen LogP contribution in [-0.4, -0.2) is 44.6 Å². The van der Waals surface area contributed by atoms with Crippen molar-refractivity contribution in [3.63, 3.8) is 0 Å². The number of nitrogens with one attached hydrogen (secondary N) is 2. The topological polar surface area (TPSA) is 39.7 Å². The molecule has 1 atom stereocenters. The highest BCUT2D eigenvalue weighted by Gasteiger charge is 2.13. The Hall–Kier alpha value is -1.60. The molecule has 142 valence electrons. The second kappa shape index (κ2) is 11.9. The Kier molecular flexibility index (Phi) is 10.3. The molecule has 1 unspecified atom stereocenters. The van der Waals surface area contributed by atoms with E-state index in [4.69, 9.17) is 0 Å². The Balaban J connectivity index is 0.00000338. The highest BCUT2D eigenvalue weighted by Crippen LogP contribution is 2.07. The maximum Gasteiger partial charge on any atom is 0.191 e. The number of hydrogen-bond acceptors (Lipinski definition) is 2. The monoisotopic (exact) mass is 466 g/mol. The standard InChI is InChI=1S/C21H30N4.HI/c1-17-10-8-9-13-19(17)15-23-21(22-2)24-16-20(25(3)4)14-18-11-6-5-7-12-18;/h5-13,20H,14-16H2,1-4H3,(H2,22,23,24);1H. The van der Waals surface area contributed by atoms with Crippen LogP contribution in [0, 0.1) is 6.92 Å². The fraction of sp³-hybridized carbons (Fsp3) is 0.381. The van der Waals surface area contributed by atoms with Crippen LogP contribution in [0.5, 0.6) is 0 Å². The Labute approximate surface area is 175 Å². The van der Waals surface area contributed by atoms with Crippen LogP contribution in [0.1, 0.15) is 16.7 Å². The van der Waals surface area contributed by atoms with Crippen molar-refractivity contribution in [3.05, 3.63) is 71.3 Å². The molecule has 2 aromatic carbocycles. The minimum absolute atomic E-state index is 0. The molecule has 0 saturated carbocycles. The summed E-state index contributed by atoms with van der Waals surface area (Å²) >= 11 is 0. The van der Waals surface area contributed by atoms with Gasteiger partial charge in [0.15, 0.2) is 5.96 Å². The molecule has 2 N–H and O–H groups in total. The van der Waals surface area contributed by atoms with Crippen LogP contribution >= 0.6 is 24.0 Å². The molecule has 0 aliphatic carbocycles. The van der Waals surface area contributed by atoms with Crippen LogP contribution in [0.4, 0.5) is 0 Å². The van der Waals surface area contributed by atoms with Crippen LogP contribution in [0.25, 0.3) is 0 Å². The number of nitrogens with zero attached hydrogens (tertiary/aromatic N) is 2. The van der Waals surface area contributed by atoms with Gasteiger partial charge in [-0.25, -0.2) is 0 Å². The van der Waals surface area contributed by atoms with Gasteiger partial charge in [0, 0.05) is 26.2 Å². The molecule has 0 amide bonds. The quantitative estimate of drug-likeness (QED) is 0.373. The zero-order valence-corrected chi connectivity index (χ0v) is 18.5. The van der Waals surface area contributed by atoms with Gasteiger partial charge in [0.05, 0.1) is 0 Å². The van der Waals surface area contributed by atoms with E-state index >= 15 is 0 Å². The molecular formula is C21H31IN4. The van der Waals surface area contributed by atoms with E-state index in [2.05, 4.69) is 96.1 Å². The third-order valence-electron chi connectivity index (χ3n) is 4.48. The molecule has 0 spiro atoms. The van der Waals surface area contributed by atoms with Gasteiger partial charge in [-0.1, -0.05) is 54.6 Å². The third kappa shape index (κ3) is 7.33. The first-order chi connectivity index (χ1) is 12.1. The van der Waals surface area contributed by atoms with Crippen LogP contribution in [0.15, 0.2) is 59.6 Å². The van der Waals surface area contributed by atoms with Crippen molar-refractivity contribution >= 4 is 29.9 Å². The Morgan fingerprint density at radius 3 is 2.27 bits per heavy atom. The highest BCUT2D eigenvalue weighted by molar-refractivity contribution is 14.0. The summed E-state index contributed by atoms with van der Waals surface area (Å²) in [7, 11) is 6.06. The number of halogens is 1. The predicted octanol–water partition coefficient (Wildman–Crippen LogP) is 3.45. The maximum absolute atomic E-state index is 4.35. The first kappa shape index (κ1) is 22.4. The lowest BCUT2D eigenvalue weighted by atomic mass is 10.1. The van der Waals surface area contributed by atoms with Gasteiger partial charge in [-0.05, 0) is 44.1 Å². The number of benzene rings is 2. The highest BCUT2D eigenvalue weighted by atomic mass is 127. The zero-order chi connectivity index (χ0) is 18.1. The second-order valence-electron chi connectivity index (χ2n) is 6.54. The van der Waals surface area contributed by atoms with Gasteiger partial charge in [-0.3, -0.25) is 4.99 Å². The first-order valence-electron chi connectivity index (χ1n) is 8.79. The number of aliphatic imine (C=N–C) groups is 1. The van der Waals surface area contributed by atoms with Crippen molar-refractivity contribution < 1.29 is 0 Å². The van der Waals surface area contributed by atoms with E-state index in [1.807, 2.05) is 7.05 Å². The molecule has 2 aromatic rings. The molecule has 0 aliphatic heterocycles. The summed E-state index contributed by atoms with van der Waals surface area (Å²) in [5.41, 5.74) is 3.94. The number of rotatable bonds is 7.